The van der Waals surface area contributed by atoms with E-state index in [1.54, 1.807) is 31.4 Å². The van der Waals surface area contributed by atoms with E-state index in [0.717, 1.165) is 17.5 Å². The fourth-order valence-corrected chi connectivity index (χ4v) is 3.72. The van der Waals surface area contributed by atoms with Crippen LogP contribution in [-0.4, -0.2) is 13.0 Å². The second-order valence-electron chi connectivity index (χ2n) is 8.00. The second kappa shape index (κ2) is 11.1. The number of hydrogen-bond acceptors (Lipinski definition) is 3. The van der Waals surface area contributed by atoms with Crippen LogP contribution < -0.4 is 14.8 Å². The van der Waals surface area contributed by atoms with Gasteiger partial charge in [0.2, 0.25) is 0 Å². The minimum Gasteiger partial charge on any atom is -0.496 e. The first-order valence-corrected chi connectivity index (χ1v) is 11.3. The lowest BCUT2D eigenvalue weighted by atomic mass is 9.98. The molecule has 0 saturated heterocycles. The van der Waals surface area contributed by atoms with Crippen molar-refractivity contribution in [1.82, 2.24) is 5.32 Å². The molecule has 1 atom stereocenters. The lowest BCUT2D eigenvalue weighted by Gasteiger charge is -2.19. The van der Waals surface area contributed by atoms with Gasteiger partial charge in [0.15, 0.2) is 0 Å². The number of amides is 1. The molecule has 32 heavy (non-hydrogen) atoms. The van der Waals surface area contributed by atoms with Crippen LogP contribution in [0.2, 0.25) is 5.02 Å². The van der Waals surface area contributed by atoms with Crippen molar-refractivity contribution < 1.29 is 14.3 Å². The van der Waals surface area contributed by atoms with E-state index in [1.807, 2.05) is 18.2 Å². The van der Waals surface area contributed by atoms with Gasteiger partial charge < -0.3 is 14.8 Å². The zero-order valence-corrected chi connectivity index (χ0v) is 19.8. The molecule has 0 radical (unpaired) electrons. The van der Waals surface area contributed by atoms with Gasteiger partial charge in [-0.1, -0.05) is 68.8 Å². The Kier molecular flexibility index (Phi) is 8.18. The van der Waals surface area contributed by atoms with Crippen molar-refractivity contribution >= 4 is 17.5 Å². The minimum atomic E-state index is -0.133. The molecular weight excluding hydrogens is 422 g/mol. The summed E-state index contributed by atoms with van der Waals surface area (Å²) in [4.78, 5) is 13.0. The van der Waals surface area contributed by atoms with Crippen molar-refractivity contribution in [3.63, 3.8) is 0 Å². The summed E-state index contributed by atoms with van der Waals surface area (Å²) in [5.41, 5.74) is 3.71. The van der Waals surface area contributed by atoms with Crippen molar-refractivity contribution in [3.05, 3.63) is 94.0 Å². The summed E-state index contributed by atoms with van der Waals surface area (Å²) < 4.78 is 11.3. The van der Waals surface area contributed by atoms with Crippen LogP contribution in [0.5, 0.6) is 11.5 Å². The molecule has 0 fully saturated rings. The van der Waals surface area contributed by atoms with Crippen molar-refractivity contribution in [3.8, 4) is 11.5 Å². The van der Waals surface area contributed by atoms with Crippen LogP contribution in [0.1, 0.15) is 66.2 Å². The first-order chi connectivity index (χ1) is 15.4. The van der Waals surface area contributed by atoms with Crippen molar-refractivity contribution in [2.75, 3.05) is 7.11 Å². The Morgan fingerprint density at radius 3 is 2.28 bits per heavy atom. The smallest absolute Gasteiger partial charge is 0.251 e. The van der Waals surface area contributed by atoms with E-state index in [-0.39, 0.29) is 18.6 Å². The average molecular weight is 452 g/mol. The largest absolute Gasteiger partial charge is 0.496 e. The number of hydrogen-bond donors (Lipinski definition) is 1. The number of nitrogens with one attached hydrogen (secondary N) is 1. The molecule has 5 heteroatoms. The van der Waals surface area contributed by atoms with Gasteiger partial charge in [-0.2, -0.15) is 0 Å². The van der Waals surface area contributed by atoms with Crippen LogP contribution in [0.3, 0.4) is 0 Å². The summed E-state index contributed by atoms with van der Waals surface area (Å²) in [6.07, 6.45) is 0.797. The van der Waals surface area contributed by atoms with E-state index in [2.05, 4.69) is 50.4 Å². The minimum absolute atomic E-state index is 0.0614. The monoisotopic (exact) mass is 451 g/mol. The number of halogens is 1. The van der Waals surface area contributed by atoms with E-state index in [4.69, 9.17) is 21.1 Å². The van der Waals surface area contributed by atoms with Gasteiger partial charge in [-0.25, -0.2) is 0 Å². The maximum Gasteiger partial charge on any atom is 0.251 e. The molecule has 0 aliphatic carbocycles. The van der Waals surface area contributed by atoms with E-state index in [0.29, 0.717) is 28.0 Å². The number of para-hydroxylation sites is 1. The number of ether oxygens (including phenoxy) is 2. The maximum absolute atomic E-state index is 13.0. The lowest BCUT2D eigenvalue weighted by Crippen LogP contribution is -2.28. The number of rotatable bonds is 9. The third-order valence-corrected chi connectivity index (χ3v) is 5.79. The summed E-state index contributed by atoms with van der Waals surface area (Å²) >= 11 is 6.18. The molecule has 0 spiro atoms. The number of methoxy groups -OCH3 is 1. The highest BCUT2D eigenvalue weighted by Crippen LogP contribution is 2.27. The molecule has 3 rings (SSSR count). The highest BCUT2D eigenvalue weighted by atomic mass is 35.5. The molecule has 0 aromatic heterocycles. The molecule has 4 nitrogen and oxygen atoms in total. The molecule has 3 aromatic carbocycles. The predicted octanol–water partition coefficient (Wildman–Crippen LogP) is 6.93. The first kappa shape index (κ1) is 23.7. The second-order valence-corrected chi connectivity index (χ2v) is 8.41. The summed E-state index contributed by atoms with van der Waals surface area (Å²) in [6.45, 7) is 6.65. The number of carbonyl (C=O) groups excluding carboxylic acids is 1. The van der Waals surface area contributed by atoms with Gasteiger partial charge in [0.25, 0.3) is 5.91 Å². The topological polar surface area (TPSA) is 47.6 Å². The Bertz CT molecular complexity index is 1050. The lowest BCUT2D eigenvalue weighted by molar-refractivity contribution is 0.0935. The molecule has 1 unspecified atom stereocenters. The highest BCUT2D eigenvalue weighted by Gasteiger charge is 2.16. The number of benzene rings is 3. The van der Waals surface area contributed by atoms with Gasteiger partial charge in [0.1, 0.15) is 18.1 Å². The van der Waals surface area contributed by atoms with Crippen LogP contribution in [-0.2, 0) is 6.61 Å². The molecule has 0 heterocycles. The fraction of sp³-hybridized carbons (Fsp3) is 0.296. The van der Waals surface area contributed by atoms with Gasteiger partial charge in [0.05, 0.1) is 18.2 Å². The summed E-state index contributed by atoms with van der Waals surface area (Å²) in [5.74, 6) is 1.59. The third kappa shape index (κ3) is 5.83. The highest BCUT2D eigenvalue weighted by molar-refractivity contribution is 6.32. The summed E-state index contributed by atoms with van der Waals surface area (Å²) in [5, 5.41) is 3.69. The SMILES string of the molecule is CCC(NC(=O)c1ccc(OC)c(COc2ccccc2Cl)c1)c1ccc(C(C)C)cc1. The predicted molar refractivity (Wildman–Crippen MR) is 130 cm³/mol. The Morgan fingerprint density at radius 1 is 0.969 bits per heavy atom. The Balaban J connectivity index is 1.75. The van der Waals surface area contributed by atoms with Gasteiger partial charge >= 0.3 is 0 Å². The average Bonchev–Trinajstić information content (AvgIpc) is 2.81. The molecule has 0 aliphatic heterocycles. The molecule has 3 aromatic rings. The quantitative estimate of drug-likeness (QED) is 0.383. The molecule has 1 amide bonds. The Labute approximate surface area is 195 Å². The molecule has 0 aliphatic rings. The Morgan fingerprint density at radius 2 is 1.66 bits per heavy atom. The molecule has 1 N–H and O–H groups in total. The summed E-state index contributed by atoms with van der Waals surface area (Å²) in [7, 11) is 1.60. The van der Waals surface area contributed by atoms with E-state index >= 15 is 0 Å². The van der Waals surface area contributed by atoms with Gasteiger partial charge in [-0.15, -0.1) is 0 Å². The first-order valence-electron chi connectivity index (χ1n) is 10.9. The van der Waals surface area contributed by atoms with Crippen LogP contribution in [0.15, 0.2) is 66.7 Å². The molecular formula is C27H30ClNO3. The standard InChI is InChI=1S/C27H30ClNO3/c1-5-24(20-12-10-19(11-13-20)18(2)3)29-27(30)21-14-15-25(31-4)22(16-21)17-32-26-9-7-6-8-23(26)28/h6-16,18,24H,5,17H2,1-4H3,(H,29,30). The zero-order valence-electron chi connectivity index (χ0n) is 19.0. The van der Waals surface area contributed by atoms with E-state index < -0.39 is 0 Å². The van der Waals surface area contributed by atoms with Crippen molar-refractivity contribution in [1.29, 1.82) is 0 Å². The molecule has 168 valence electrons. The molecule has 0 bridgehead atoms. The van der Waals surface area contributed by atoms with E-state index in [1.165, 1.54) is 5.56 Å². The number of carbonyl (C=O) groups is 1. The van der Waals surface area contributed by atoms with Crippen LogP contribution in [0, 0.1) is 0 Å². The normalized spacial score (nSPS) is 11.8. The van der Waals surface area contributed by atoms with Gasteiger partial charge in [0, 0.05) is 11.1 Å². The zero-order chi connectivity index (χ0) is 23.1. The van der Waals surface area contributed by atoms with Crippen molar-refractivity contribution in [2.24, 2.45) is 0 Å². The van der Waals surface area contributed by atoms with Gasteiger partial charge in [-0.05, 0) is 53.8 Å². The third-order valence-electron chi connectivity index (χ3n) is 5.48. The van der Waals surface area contributed by atoms with E-state index in [9.17, 15) is 4.79 Å². The fourth-order valence-electron chi connectivity index (χ4n) is 3.53. The van der Waals surface area contributed by atoms with Crippen LogP contribution in [0.4, 0.5) is 0 Å². The van der Waals surface area contributed by atoms with Crippen molar-refractivity contribution in [2.45, 2.75) is 45.8 Å². The summed E-state index contributed by atoms with van der Waals surface area (Å²) in [6, 6.07) is 21.1. The van der Waals surface area contributed by atoms with Crippen LogP contribution in [0.25, 0.3) is 0 Å². The van der Waals surface area contributed by atoms with Gasteiger partial charge in [-0.3, -0.25) is 4.79 Å². The molecule has 0 saturated carbocycles. The maximum atomic E-state index is 13.0. The Hall–Kier alpha value is -2.98. The van der Waals surface area contributed by atoms with Crippen LogP contribution >= 0.6 is 11.6 Å².